The van der Waals surface area contributed by atoms with Gasteiger partial charge in [0, 0.05) is 16.7 Å². The molecule has 0 saturated heterocycles. The van der Waals surface area contributed by atoms with Crippen LogP contribution in [0.4, 0.5) is 0 Å². The smallest absolute Gasteiger partial charge is 0.0940 e. The summed E-state index contributed by atoms with van der Waals surface area (Å²) in [6.45, 7) is 3.02. The first kappa shape index (κ1) is 17.5. The molecular formula is C21H27NOS. The third-order valence-electron chi connectivity index (χ3n) is 4.74. The van der Waals surface area contributed by atoms with Crippen molar-refractivity contribution in [1.29, 1.82) is 0 Å². The van der Waals surface area contributed by atoms with Crippen molar-refractivity contribution in [2.45, 2.75) is 49.6 Å². The van der Waals surface area contributed by atoms with Gasteiger partial charge in [0.2, 0.25) is 0 Å². The van der Waals surface area contributed by atoms with Gasteiger partial charge in [-0.15, -0.1) is 11.8 Å². The summed E-state index contributed by atoms with van der Waals surface area (Å²) in [5.41, 5.74) is 3.87. The summed E-state index contributed by atoms with van der Waals surface area (Å²) in [5, 5.41) is 14.1. The number of aliphatic hydroxyl groups is 1. The molecule has 0 saturated carbocycles. The number of rotatable bonds is 8. The van der Waals surface area contributed by atoms with E-state index < -0.39 is 6.10 Å². The van der Waals surface area contributed by atoms with Crippen LogP contribution in [0.15, 0.2) is 53.4 Å². The number of fused-ring (bicyclic) bond motifs is 1. The van der Waals surface area contributed by atoms with Crippen molar-refractivity contribution >= 4 is 11.8 Å². The number of hydrogen-bond acceptors (Lipinski definition) is 3. The Kier molecular flexibility index (Phi) is 6.36. The second kappa shape index (κ2) is 8.70. The van der Waals surface area contributed by atoms with Crippen LogP contribution in [0.3, 0.4) is 0 Å². The van der Waals surface area contributed by atoms with Gasteiger partial charge in [-0.3, -0.25) is 0 Å². The fraction of sp³-hybridized carbons (Fsp3) is 0.429. The van der Waals surface area contributed by atoms with Crippen molar-refractivity contribution in [2.75, 3.05) is 12.3 Å². The number of aryl methyl sites for hydroxylation is 2. The molecule has 2 atom stereocenters. The average molecular weight is 342 g/mol. The Morgan fingerprint density at radius 1 is 1.12 bits per heavy atom. The van der Waals surface area contributed by atoms with Gasteiger partial charge in [-0.2, -0.15) is 0 Å². The van der Waals surface area contributed by atoms with Crippen LogP contribution in [0.1, 0.15) is 42.6 Å². The predicted molar refractivity (Wildman–Crippen MR) is 103 cm³/mol. The quantitative estimate of drug-likeness (QED) is 0.699. The predicted octanol–water partition coefficient (Wildman–Crippen LogP) is 4.37. The van der Waals surface area contributed by atoms with E-state index in [0.717, 1.165) is 31.4 Å². The standard InChI is InChI=1S/C21H27NOS/c1-16(22-13-6-5-9-17-7-3-2-4-8-17)21(23)19-11-10-18-12-14-24-20(18)15-19/h2-4,7-8,10-11,15-16,21-23H,5-6,9,12-14H2,1H3. The highest BCUT2D eigenvalue weighted by molar-refractivity contribution is 7.99. The molecule has 0 bridgehead atoms. The summed E-state index contributed by atoms with van der Waals surface area (Å²) in [4.78, 5) is 1.35. The van der Waals surface area contributed by atoms with E-state index in [1.54, 1.807) is 0 Å². The molecule has 2 aromatic rings. The molecule has 2 unspecified atom stereocenters. The number of nitrogens with one attached hydrogen (secondary N) is 1. The molecule has 24 heavy (non-hydrogen) atoms. The van der Waals surface area contributed by atoms with Crippen LogP contribution in [-0.2, 0) is 12.8 Å². The zero-order valence-corrected chi connectivity index (χ0v) is 15.2. The number of hydrogen-bond donors (Lipinski definition) is 2. The molecule has 0 fully saturated rings. The van der Waals surface area contributed by atoms with E-state index in [2.05, 4.69) is 60.8 Å². The van der Waals surface area contributed by atoms with Crippen molar-refractivity contribution in [3.05, 3.63) is 65.2 Å². The molecule has 0 amide bonds. The Balaban J connectivity index is 1.40. The lowest BCUT2D eigenvalue weighted by Crippen LogP contribution is -2.33. The molecule has 0 aromatic heterocycles. The van der Waals surface area contributed by atoms with Crippen LogP contribution >= 0.6 is 11.8 Å². The molecule has 3 rings (SSSR count). The molecule has 3 heteroatoms. The van der Waals surface area contributed by atoms with Gasteiger partial charge < -0.3 is 10.4 Å². The van der Waals surface area contributed by atoms with Crippen LogP contribution in [0.25, 0.3) is 0 Å². The lowest BCUT2D eigenvalue weighted by Gasteiger charge is -2.21. The van der Waals surface area contributed by atoms with E-state index >= 15 is 0 Å². The fourth-order valence-corrected chi connectivity index (χ4v) is 4.31. The maximum absolute atomic E-state index is 10.6. The molecule has 0 radical (unpaired) electrons. The molecule has 2 nitrogen and oxygen atoms in total. The van der Waals surface area contributed by atoms with Gasteiger partial charge in [0.25, 0.3) is 0 Å². The second-order valence-electron chi connectivity index (χ2n) is 6.60. The highest BCUT2D eigenvalue weighted by Crippen LogP contribution is 2.33. The highest BCUT2D eigenvalue weighted by atomic mass is 32.2. The van der Waals surface area contributed by atoms with Crippen molar-refractivity contribution in [2.24, 2.45) is 0 Å². The molecule has 2 N–H and O–H groups in total. The van der Waals surface area contributed by atoms with Crippen molar-refractivity contribution in [3.8, 4) is 0 Å². The zero-order valence-electron chi connectivity index (χ0n) is 14.4. The summed E-state index contributed by atoms with van der Waals surface area (Å²) in [6, 6.07) is 17.1. The normalized spacial score (nSPS) is 15.9. The highest BCUT2D eigenvalue weighted by Gasteiger charge is 2.19. The maximum atomic E-state index is 10.6. The Morgan fingerprint density at radius 3 is 2.79 bits per heavy atom. The Morgan fingerprint density at radius 2 is 1.96 bits per heavy atom. The minimum absolute atomic E-state index is 0.0752. The van der Waals surface area contributed by atoms with E-state index in [-0.39, 0.29) is 6.04 Å². The number of aliphatic hydroxyl groups excluding tert-OH is 1. The van der Waals surface area contributed by atoms with Crippen molar-refractivity contribution in [1.82, 2.24) is 5.32 Å². The first-order valence-corrected chi connectivity index (χ1v) is 9.93. The first-order valence-electron chi connectivity index (χ1n) is 8.95. The van der Waals surface area contributed by atoms with Gasteiger partial charge in [-0.25, -0.2) is 0 Å². The molecule has 0 spiro atoms. The summed E-state index contributed by atoms with van der Waals surface area (Å²) in [6.07, 6.45) is 4.15. The molecule has 2 aromatic carbocycles. The van der Waals surface area contributed by atoms with Crippen LogP contribution < -0.4 is 5.32 Å². The third kappa shape index (κ3) is 4.62. The number of unbranched alkanes of at least 4 members (excludes halogenated alkanes) is 1. The largest absolute Gasteiger partial charge is 0.387 e. The SMILES string of the molecule is CC(NCCCCc1ccccc1)C(O)c1ccc2c(c1)SCC2. The van der Waals surface area contributed by atoms with Crippen molar-refractivity contribution < 1.29 is 5.11 Å². The molecule has 1 aliphatic heterocycles. The van der Waals surface area contributed by atoms with E-state index in [0.29, 0.717) is 0 Å². The summed E-state index contributed by atoms with van der Waals surface area (Å²) in [7, 11) is 0. The first-order chi connectivity index (χ1) is 11.7. The third-order valence-corrected chi connectivity index (χ3v) is 5.84. The van der Waals surface area contributed by atoms with Gasteiger partial charge >= 0.3 is 0 Å². The number of benzene rings is 2. The average Bonchev–Trinajstić information content (AvgIpc) is 3.09. The summed E-state index contributed by atoms with van der Waals surface area (Å²) in [5.74, 6) is 1.17. The minimum Gasteiger partial charge on any atom is -0.387 e. The second-order valence-corrected chi connectivity index (χ2v) is 7.73. The minimum atomic E-state index is -0.439. The summed E-state index contributed by atoms with van der Waals surface area (Å²) >= 11 is 1.90. The molecule has 1 heterocycles. The Labute approximate surface area is 149 Å². The van der Waals surface area contributed by atoms with E-state index in [9.17, 15) is 5.11 Å². The molecular weight excluding hydrogens is 314 g/mol. The zero-order chi connectivity index (χ0) is 16.8. The van der Waals surface area contributed by atoms with Crippen LogP contribution in [0, 0.1) is 0 Å². The van der Waals surface area contributed by atoms with E-state index in [1.165, 1.54) is 28.2 Å². The van der Waals surface area contributed by atoms with Crippen LogP contribution in [0.2, 0.25) is 0 Å². The molecule has 1 aliphatic rings. The van der Waals surface area contributed by atoms with Gasteiger partial charge in [0.1, 0.15) is 0 Å². The molecule has 0 aliphatic carbocycles. The fourth-order valence-electron chi connectivity index (χ4n) is 3.20. The molecule has 128 valence electrons. The van der Waals surface area contributed by atoms with Crippen LogP contribution in [0.5, 0.6) is 0 Å². The number of thioether (sulfide) groups is 1. The lowest BCUT2D eigenvalue weighted by molar-refractivity contribution is 0.136. The van der Waals surface area contributed by atoms with Gasteiger partial charge in [0.15, 0.2) is 0 Å². The van der Waals surface area contributed by atoms with Gasteiger partial charge in [-0.1, -0.05) is 42.5 Å². The Bertz CT molecular complexity index is 644. The lowest BCUT2D eigenvalue weighted by atomic mass is 10.0. The van der Waals surface area contributed by atoms with E-state index in [1.807, 2.05) is 11.8 Å². The van der Waals surface area contributed by atoms with Gasteiger partial charge in [0.05, 0.1) is 6.10 Å². The topological polar surface area (TPSA) is 32.3 Å². The van der Waals surface area contributed by atoms with Crippen molar-refractivity contribution in [3.63, 3.8) is 0 Å². The van der Waals surface area contributed by atoms with Gasteiger partial charge in [-0.05, 0) is 61.9 Å². The Hall–Kier alpha value is -1.29. The van der Waals surface area contributed by atoms with E-state index in [4.69, 9.17) is 0 Å². The van der Waals surface area contributed by atoms with Crippen LogP contribution in [-0.4, -0.2) is 23.4 Å². The monoisotopic (exact) mass is 341 g/mol. The maximum Gasteiger partial charge on any atom is 0.0940 e. The summed E-state index contributed by atoms with van der Waals surface area (Å²) < 4.78 is 0.